The molecule has 2 aliphatic carbocycles. The van der Waals surface area contributed by atoms with Crippen molar-refractivity contribution >= 4 is 11.7 Å². The quantitative estimate of drug-likeness (QED) is 0.874. The highest BCUT2D eigenvalue weighted by molar-refractivity contribution is 5.93. The molecule has 3 atom stereocenters. The van der Waals surface area contributed by atoms with Crippen molar-refractivity contribution in [1.82, 2.24) is 10.2 Å². The Balaban J connectivity index is 1.54. The van der Waals surface area contributed by atoms with Gasteiger partial charge < -0.3 is 10.1 Å². The van der Waals surface area contributed by atoms with Crippen LogP contribution in [0.2, 0.25) is 0 Å². The number of H-pyrrole nitrogens is 1. The number of hydrogen-bond acceptors (Lipinski definition) is 3. The lowest BCUT2D eigenvalue weighted by Gasteiger charge is -2.28. The molecule has 3 rings (SSSR count). The number of rotatable bonds is 5. The standard InChI is InChI=1S/C17H27N3O2/c1-10-5-4-6-14(9-10)22-12(3)17(21)18-16-11(2)15(19-20-16)13-7-8-13/h10,12-14H,4-9H2,1-3H3,(H2,18,19,20,21)/t10-,12+,14+/m1/s1. The van der Waals surface area contributed by atoms with Crippen LogP contribution in [0.1, 0.15) is 69.5 Å². The number of anilines is 1. The van der Waals surface area contributed by atoms with E-state index in [1.165, 1.54) is 31.4 Å². The van der Waals surface area contributed by atoms with Crippen LogP contribution in [0.4, 0.5) is 5.82 Å². The number of aromatic nitrogens is 2. The molecule has 0 saturated heterocycles. The summed E-state index contributed by atoms with van der Waals surface area (Å²) >= 11 is 0. The Kier molecular flexibility index (Phi) is 4.52. The summed E-state index contributed by atoms with van der Waals surface area (Å²) in [5, 5.41) is 10.2. The predicted octanol–water partition coefficient (Wildman–Crippen LogP) is 3.52. The molecule has 2 N–H and O–H groups in total. The lowest BCUT2D eigenvalue weighted by Crippen LogP contribution is -2.33. The highest BCUT2D eigenvalue weighted by Crippen LogP contribution is 2.41. The van der Waals surface area contributed by atoms with Crippen molar-refractivity contribution in [2.24, 2.45) is 5.92 Å². The Hall–Kier alpha value is -1.36. The molecule has 2 aliphatic rings. The first-order valence-corrected chi connectivity index (χ1v) is 8.55. The van der Waals surface area contributed by atoms with Crippen molar-refractivity contribution in [2.75, 3.05) is 5.32 Å². The molecule has 122 valence electrons. The molecule has 0 spiro atoms. The fourth-order valence-electron chi connectivity index (χ4n) is 3.37. The van der Waals surface area contributed by atoms with E-state index in [1.807, 2.05) is 13.8 Å². The second kappa shape index (κ2) is 6.41. The number of amides is 1. The lowest BCUT2D eigenvalue weighted by atomic mass is 9.88. The maximum absolute atomic E-state index is 12.3. The third-order valence-corrected chi connectivity index (χ3v) is 4.93. The number of carbonyl (C=O) groups excluding carboxylic acids is 1. The Morgan fingerprint density at radius 1 is 1.36 bits per heavy atom. The van der Waals surface area contributed by atoms with Crippen LogP contribution < -0.4 is 5.32 Å². The van der Waals surface area contributed by atoms with Crippen molar-refractivity contribution in [2.45, 2.75) is 77.4 Å². The molecule has 0 aliphatic heterocycles. The zero-order valence-corrected chi connectivity index (χ0v) is 13.8. The van der Waals surface area contributed by atoms with Crippen LogP contribution in [0.25, 0.3) is 0 Å². The van der Waals surface area contributed by atoms with E-state index in [9.17, 15) is 4.79 Å². The molecule has 5 heteroatoms. The first kappa shape index (κ1) is 15.5. The normalized spacial score (nSPS) is 26.7. The highest BCUT2D eigenvalue weighted by Gasteiger charge is 2.29. The molecule has 1 aromatic heterocycles. The first-order chi connectivity index (χ1) is 10.5. The van der Waals surface area contributed by atoms with E-state index in [-0.39, 0.29) is 12.0 Å². The van der Waals surface area contributed by atoms with Crippen LogP contribution in [-0.2, 0) is 9.53 Å². The topological polar surface area (TPSA) is 67.0 Å². The van der Waals surface area contributed by atoms with Gasteiger partial charge in [0.1, 0.15) is 6.10 Å². The van der Waals surface area contributed by atoms with E-state index in [1.54, 1.807) is 0 Å². The Bertz CT molecular complexity index is 536. The van der Waals surface area contributed by atoms with Gasteiger partial charge in [0.05, 0.1) is 6.10 Å². The molecule has 0 aromatic carbocycles. The fraction of sp³-hybridized carbons (Fsp3) is 0.765. The van der Waals surface area contributed by atoms with Crippen molar-refractivity contribution in [1.29, 1.82) is 0 Å². The van der Waals surface area contributed by atoms with Crippen LogP contribution in [0.3, 0.4) is 0 Å². The summed E-state index contributed by atoms with van der Waals surface area (Å²) in [6.45, 7) is 6.10. The van der Waals surface area contributed by atoms with Gasteiger partial charge in [0.25, 0.3) is 5.91 Å². The van der Waals surface area contributed by atoms with Crippen LogP contribution in [0.15, 0.2) is 0 Å². The van der Waals surface area contributed by atoms with Gasteiger partial charge in [-0.15, -0.1) is 0 Å². The fourth-order valence-corrected chi connectivity index (χ4v) is 3.37. The number of carbonyl (C=O) groups is 1. The minimum Gasteiger partial charge on any atom is -0.365 e. The van der Waals surface area contributed by atoms with Gasteiger partial charge in [-0.3, -0.25) is 9.89 Å². The van der Waals surface area contributed by atoms with Gasteiger partial charge in [-0.25, -0.2) is 0 Å². The molecule has 2 saturated carbocycles. The maximum atomic E-state index is 12.3. The average molecular weight is 305 g/mol. The van der Waals surface area contributed by atoms with E-state index in [4.69, 9.17) is 4.74 Å². The molecular weight excluding hydrogens is 278 g/mol. The molecular formula is C17H27N3O2. The summed E-state index contributed by atoms with van der Waals surface area (Å²) in [6, 6.07) is 0. The van der Waals surface area contributed by atoms with Crippen molar-refractivity contribution in [3.8, 4) is 0 Å². The first-order valence-electron chi connectivity index (χ1n) is 8.55. The van der Waals surface area contributed by atoms with E-state index in [0.717, 1.165) is 18.4 Å². The minimum absolute atomic E-state index is 0.102. The predicted molar refractivity (Wildman–Crippen MR) is 85.9 cm³/mol. The largest absolute Gasteiger partial charge is 0.365 e. The third-order valence-electron chi connectivity index (χ3n) is 4.93. The van der Waals surface area contributed by atoms with Crippen molar-refractivity contribution in [3.05, 3.63) is 11.3 Å². The van der Waals surface area contributed by atoms with Gasteiger partial charge in [-0.1, -0.05) is 19.8 Å². The molecule has 0 unspecified atom stereocenters. The monoisotopic (exact) mass is 305 g/mol. The van der Waals surface area contributed by atoms with Gasteiger partial charge >= 0.3 is 0 Å². The summed E-state index contributed by atoms with van der Waals surface area (Å²) in [7, 11) is 0. The van der Waals surface area contributed by atoms with Gasteiger partial charge in [0.15, 0.2) is 5.82 Å². The number of nitrogens with one attached hydrogen (secondary N) is 2. The smallest absolute Gasteiger partial charge is 0.254 e. The van der Waals surface area contributed by atoms with Crippen molar-refractivity contribution in [3.63, 3.8) is 0 Å². The van der Waals surface area contributed by atoms with E-state index >= 15 is 0 Å². The SMILES string of the molecule is Cc1c(NC(=O)[C@H](C)O[C@H]2CCC[C@@H](C)C2)n[nH]c1C1CC1. The Morgan fingerprint density at radius 2 is 2.14 bits per heavy atom. The van der Waals surface area contributed by atoms with Gasteiger partial charge in [0.2, 0.25) is 0 Å². The Labute approximate surface area is 132 Å². The molecule has 22 heavy (non-hydrogen) atoms. The third kappa shape index (κ3) is 3.51. The van der Waals surface area contributed by atoms with Gasteiger partial charge in [0, 0.05) is 17.2 Å². The molecule has 1 aromatic rings. The molecule has 5 nitrogen and oxygen atoms in total. The summed E-state index contributed by atoms with van der Waals surface area (Å²) in [6.07, 6.45) is 6.81. The highest BCUT2D eigenvalue weighted by atomic mass is 16.5. The van der Waals surface area contributed by atoms with Gasteiger partial charge in [-0.2, -0.15) is 5.10 Å². The molecule has 1 amide bonds. The maximum Gasteiger partial charge on any atom is 0.254 e. The molecule has 1 heterocycles. The van der Waals surface area contributed by atoms with Crippen LogP contribution in [0.5, 0.6) is 0 Å². The molecule has 2 fully saturated rings. The summed E-state index contributed by atoms with van der Waals surface area (Å²) < 4.78 is 5.95. The Morgan fingerprint density at radius 3 is 2.82 bits per heavy atom. The zero-order chi connectivity index (χ0) is 15.7. The number of nitrogens with zero attached hydrogens (tertiary/aromatic N) is 1. The average Bonchev–Trinajstić information content (AvgIpc) is 3.25. The van der Waals surface area contributed by atoms with E-state index in [0.29, 0.717) is 17.7 Å². The second-order valence-electron chi connectivity index (χ2n) is 7.05. The van der Waals surface area contributed by atoms with Crippen LogP contribution in [0, 0.1) is 12.8 Å². The van der Waals surface area contributed by atoms with E-state index < -0.39 is 6.10 Å². The van der Waals surface area contributed by atoms with Crippen LogP contribution >= 0.6 is 0 Å². The summed E-state index contributed by atoms with van der Waals surface area (Å²) in [5.41, 5.74) is 2.24. The van der Waals surface area contributed by atoms with Gasteiger partial charge in [-0.05, 0) is 45.4 Å². The van der Waals surface area contributed by atoms with Crippen molar-refractivity contribution < 1.29 is 9.53 Å². The second-order valence-corrected chi connectivity index (χ2v) is 7.05. The van der Waals surface area contributed by atoms with E-state index in [2.05, 4.69) is 22.4 Å². The summed E-state index contributed by atoms with van der Waals surface area (Å²) in [4.78, 5) is 12.3. The number of hydrogen-bond donors (Lipinski definition) is 2. The minimum atomic E-state index is -0.434. The number of ether oxygens (including phenoxy) is 1. The summed E-state index contributed by atoms with van der Waals surface area (Å²) in [5.74, 6) is 1.86. The lowest BCUT2D eigenvalue weighted by molar-refractivity contribution is -0.131. The zero-order valence-electron chi connectivity index (χ0n) is 13.8. The number of aromatic amines is 1. The van der Waals surface area contributed by atoms with Crippen LogP contribution in [-0.4, -0.2) is 28.3 Å². The molecule has 0 bridgehead atoms. The molecule has 0 radical (unpaired) electrons.